The highest BCUT2D eigenvalue weighted by Gasteiger charge is 2.35. The summed E-state index contributed by atoms with van der Waals surface area (Å²) < 4.78 is 39.3. The third kappa shape index (κ3) is 5.67. The summed E-state index contributed by atoms with van der Waals surface area (Å²) in [6.07, 6.45) is -2.86. The number of benzene rings is 1. The Hall–Kier alpha value is -1.07. The van der Waals surface area contributed by atoms with Crippen LogP contribution in [0.1, 0.15) is 57.7 Å². The monoisotopic (exact) mass is 302 g/mol. The van der Waals surface area contributed by atoms with E-state index in [2.05, 4.69) is 26.2 Å². The molecule has 21 heavy (non-hydrogen) atoms. The first-order chi connectivity index (χ1) is 9.54. The van der Waals surface area contributed by atoms with Crippen molar-refractivity contribution in [2.45, 2.75) is 52.8 Å². The van der Waals surface area contributed by atoms with E-state index in [9.17, 15) is 13.2 Å². The van der Waals surface area contributed by atoms with Gasteiger partial charge in [0.2, 0.25) is 0 Å². The van der Waals surface area contributed by atoms with Crippen molar-refractivity contribution in [3.8, 4) is 0 Å². The summed E-state index contributed by atoms with van der Waals surface area (Å²) in [4.78, 5) is 0. The Bertz CT molecular complexity index is 450. The van der Waals surface area contributed by atoms with E-state index in [0.29, 0.717) is 6.42 Å². The molecule has 0 aliphatic rings. The smallest absolute Gasteiger partial charge is 0.271 e. The van der Waals surface area contributed by atoms with Crippen LogP contribution in [0.2, 0.25) is 0 Å². The Balaban J connectivity index is 2.96. The first kappa shape index (κ1) is 18.0. The second kappa shape index (κ2) is 6.79. The Morgan fingerprint density at radius 2 is 1.71 bits per heavy atom. The minimum absolute atomic E-state index is 0.141. The van der Waals surface area contributed by atoms with E-state index in [-0.39, 0.29) is 16.9 Å². The molecule has 0 amide bonds. The molecule has 3 N–H and O–H groups in total. The molecule has 0 heterocycles. The molecule has 0 aliphatic heterocycles. The number of hydrogen-bond donors (Lipinski definition) is 2. The predicted molar refractivity (Wildman–Crippen MR) is 79.4 cm³/mol. The van der Waals surface area contributed by atoms with Gasteiger partial charge in [0.25, 0.3) is 0 Å². The third-order valence-corrected chi connectivity index (χ3v) is 3.44. The van der Waals surface area contributed by atoms with Crippen LogP contribution in [0.4, 0.5) is 13.2 Å². The lowest BCUT2D eigenvalue weighted by Gasteiger charge is -2.28. The molecule has 2 atom stereocenters. The molecule has 5 heteroatoms. The summed E-state index contributed by atoms with van der Waals surface area (Å²) in [5.74, 6) is 5.78. The fourth-order valence-electron chi connectivity index (χ4n) is 2.87. The molecule has 1 aromatic rings. The van der Waals surface area contributed by atoms with E-state index < -0.39 is 17.8 Å². The second-order valence-corrected chi connectivity index (χ2v) is 6.91. The lowest BCUT2D eigenvalue weighted by atomic mass is 9.81. The summed E-state index contributed by atoms with van der Waals surface area (Å²) in [6.45, 7) is 8.42. The van der Waals surface area contributed by atoms with Gasteiger partial charge in [-0.1, -0.05) is 45.9 Å². The molecule has 0 aliphatic carbocycles. The van der Waals surface area contributed by atoms with Crippen LogP contribution in [0.25, 0.3) is 0 Å². The van der Waals surface area contributed by atoms with Crippen molar-refractivity contribution in [1.29, 1.82) is 0 Å². The quantitative estimate of drug-likeness (QED) is 0.612. The highest BCUT2D eigenvalue weighted by molar-refractivity contribution is 5.32. The van der Waals surface area contributed by atoms with Crippen LogP contribution in [0, 0.1) is 11.3 Å². The molecular weight excluding hydrogens is 277 g/mol. The van der Waals surface area contributed by atoms with E-state index in [1.54, 1.807) is 6.07 Å². The van der Waals surface area contributed by atoms with E-state index in [0.717, 1.165) is 12.5 Å². The van der Waals surface area contributed by atoms with Gasteiger partial charge >= 0.3 is 6.18 Å². The normalized spacial score (nSPS) is 15.8. The van der Waals surface area contributed by atoms with Crippen molar-refractivity contribution in [2.75, 3.05) is 0 Å². The number of hydrazine groups is 1. The van der Waals surface area contributed by atoms with E-state index in [1.165, 1.54) is 12.1 Å². The Morgan fingerprint density at radius 3 is 2.19 bits per heavy atom. The zero-order valence-corrected chi connectivity index (χ0v) is 13.1. The van der Waals surface area contributed by atoms with Crippen molar-refractivity contribution < 1.29 is 13.2 Å². The van der Waals surface area contributed by atoms with Crippen molar-refractivity contribution in [3.63, 3.8) is 0 Å². The SMILES string of the molecule is CC(CC(NN)c1ccccc1C(F)(F)F)CC(C)(C)C. The summed E-state index contributed by atoms with van der Waals surface area (Å²) in [7, 11) is 0. The van der Waals surface area contributed by atoms with Gasteiger partial charge in [-0.15, -0.1) is 0 Å². The number of nitrogens with one attached hydrogen (secondary N) is 1. The van der Waals surface area contributed by atoms with Crippen LogP contribution in [0.15, 0.2) is 24.3 Å². The first-order valence-corrected chi connectivity index (χ1v) is 7.17. The maximum absolute atomic E-state index is 13.1. The van der Waals surface area contributed by atoms with Crippen LogP contribution < -0.4 is 11.3 Å². The average molecular weight is 302 g/mol. The van der Waals surface area contributed by atoms with Gasteiger partial charge in [0, 0.05) is 6.04 Å². The topological polar surface area (TPSA) is 38.0 Å². The van der Waals surface area contributed by atoms with Gasteiger partial charge in [0.05, 0.1) is 5.56 Å². The fraction of sp³-hybridized carbons (Fsp3) is 0.625. The van der Waals surface area contributed by atoms with Crippen LogP contribution in [-0.4, -0.2) is 0 Å². The third-order valence-electron chi connectivity index (χ3n) is 3.44. The van der Waals surface area contributed by atoms with E-state index in [1.807, 2.05) is 6.92 Å². The molecule has 0 spiro atoms. The Morgan fingerprint density at radius 1 is 1.14 bits per heavy atom. The van der Waals surface area contributed by atoms with E-state index >= 15 is 0 Å². The summed E-state index contributed by atoms with van der Waals surface area (Å²) in [6, 6.07) is 5.12. The zero-order chi connectivity index (χ0) is 16.3. The van der Waals surface area contributed by atoms with Crippen LogP contribution in [-0.2, 0) is 6.18 Å². The van der Waals surface area contributed by atoms with Crippen molar-refractivity contribution in [1.82, 2.24) is 5.43 Å². The van der Waals surface area contributed by atoms with Crippen molar-refractivity contribution >= 4 is 0 Å². The van der Waals surface area contributed by atoms with Crippen LogP contribution in [0.3, 0.4) is 0 Å². The summed E-state index contributed by atoms with van der Waals surface area (Å²) >= 11 is 0. The first-order valence-electron chi connectivity index (χ1n) is 7.17. The van der Waals surface area contributed by atoms with Crippen molar-refractivity contribution in [3.05, 3.63) is 35.4 Å². The fourth-order valence-corrected chi connectivity index (χ4v) is 2.87. The largest absolute Gasteiger partial charge is 0.416 e. The molecule has 1 aromatic carbocycles. The maximum Gasteiger partial charge on any atom is 0.416 e. The molecular formula is C16H25F3N2. The van der Waals surface area contributed by atoms with Crippen LogP contribution in [0.5, 0.6) is 0 Å². The van der Waals surface area contributed by atoms with Gasteiger partial charge in [-0.25, -0.2) is 0 Å². The average Bonchev–Trinajstić information content (AvgIpc) is 2.32. The van der Waals surface area contributed by atoms with Crippen LogP contribution >= 0.6 is 0 Å². The highest BCUT2D eigenvalue weighted by Crippen LogP contribution is 2.37. The zero-order valence-electron chi connectivity index (χ0n) is 13.1. The van der Waals surface area contributed by atoms with E-state index in [4.69, 9.17) is 5.84 Å². The van der Waals surface area contributed by atoms with Gasteiger partial charge in [0.1, 0.15) is 0 Å². The van der Waals surface area contributed by atoms with Gasteiger partial charge in [-0.2, -0.15) is 13.2 Å². The highest BCUT2D eigenvalue weighted by atomic mass is 19.4. The lowest BCUT2D eigenvalue weighted by Crippen LogP contribution is -2.31. The molecule has 0 fully saturated rings. The molecule has 1 rings (SSSR count). The molecule has 120 valence electrons. The summed E-state index contributed by atoms with van der Waals surface area (Å²) in [5.41, 5.74) is 2.29. The molecule has 0 radical (unpaired) electrons. The molecule has 0 saturated heterocycles. The second-order valence-electron chi connectivity index (χ2n) is 6.91. The Kier molecular flexibility index (Phi) is 5.82. The minimum atomic E-state index is -4.36. The molecule has 0 saturated carbocycles. The number of alkyl halides is 3. The lowest BCUT2D eigenvalue weighted by molar-refractivity contribution is -0.138. The van der Waals surface area contributed by atoms with Gasteiger partial charge in [-0.05, 0) is 35.8 Å². The maximum atomic E-state index is 13.1. The minimum Gasteiger partial charge on any atom is -0.271 e. The van der Waals surface area contributed by atoms with Crippen molar-refractivity contribution in [2.24, 2.45) is 17.2 Å². The Labute approximate surface area is 124 Å². The standard InChI is InChI=1S/C16H25F3N2/c1-11(10-15(2,3)4)9-14(21-20)12-7-5-6-8-13(12)16(17,18)19/h5-8,11,14,21H,9-10,20H2,1-4H3. The summed E-state index contributed by atoms with van der Waals surface area (Å²) in [5, 5.41) is 0. The molecule has 0 aromatic heterocycles. The number of nitrogens with two attached hydrogens (primary N) is 1. The van der Waals surface area contributed by atoms with Gasteiger partial charge in [-0.3, -0.25) is 11.3 Å². The van der Waals surface area contributed by atoms with Gasteiger partial charge in [0.15, 0.2) is 0 Å². The number of rotatable bonds is 5. The molecule has 2 unspecified atom stereocenters. The predicted octanol–water partition coefficient (Wildman–Crippen LogP) is 4.67. The number of halogens is 3. The molecule has 2 nitrogen and oxygen atoms in total. The van der Waals surface area contributed by atoms with Gasteiger partial charge < -0.3 is 0 Å². The number of hydrogen-bond acceptors (Lipinski definition) is 2. The molecule has 0 bridgehead atoms.